The average Bonchev–Trinajstić information content (AvgIpc) is 2.68. The highest BCUT2D eigenvalue weighted by molar-refractivity contribution is 9.10. The summed E-state index contributed by atoms with van der Waals surface area (Å²) in [6.07, 6.45) is 0. The Morgan fingerprint density at radius 1 is 1.50 bits per heavy atom. The molecule has 94 valence electrons. The number of benzene rings is 1. The summed E-state index contributed by atoms with van der Waals surface area (Å²) in [5.41, 5.74) is 1.28. The van der Waals surface area contributed by atoms with Crippen molar-refractivity contribution in [3.63, 3.8) is 0 Å². The number of carboxylic acids is 1. The van der Waals surface area contributed by atoms with Crippen molar-refractivity contribution in [1.82, 2.24) is 15.0 Å². The Kier molecular flexibility index (Phi) is 3.33. The predicted molar refractivity (Wildman–Crippen MR) is 67.7 cm³/mol. The molecule has 0 radical (unpaired) electrons. The summed E-state index contributed by atoms with van der Waals surface area (Å²) < 4.78 is 7.03. The van der Waals surface area contributed by atoms with E-state index in [4.69, 9.17) is 4.74 Å². The first-order chi connectivity index (χ1) is 8.54. The maximum absolute atomic E-state index is 11.3. The highest BCUT2D eigenvalue weighted by Crippen LogP contribution is 2.31. The van der Waals surface area contributed by atoms with E-state index in [9.17, 15) is 9.90 Å². The topological polar surface area (TPSA) is 77.2 Å². The summed E-state index contributed by atoms with van der Waals surface area (Å²) in [5.74, 6) is -0.542. The highest BCUT2D eigenvalue weighted by atomic mass is 79.9. The smallest absolute Gasteiger partial charge is 0.336 e. The molecule has 18 heavy (non-hydrogen) atoms. The van der Waals surface area contributed by atoms with Gasteiger partial charge in [0.05, 0.1) is 12.7 Å². The van der Waals surface area contributed by atoms with E-state index >= 15 is 0 Å². The van der Waals surface area contributed by atoms with Gasteiger partial charge in [0.25, 0.3) is 0 Å². The van der Waals surface area contributed by atoms with Crippen molar-refractivity contribution >= 4 is 21.9 Å². The molecular weight excluding hydrogens is 302 g/mol. The van der Waals surface area contributed by atoms with Gasteiger partial charge in [0.2, 0.25) is 0 Å². The lowest BCUT2D eigenvalue weighted by molar-refractivity contribution is 0.0697. The molecule has 0 aliphatic carbocycles. The molecule has 6 nitrogen and oxygen atoms in total. The molecule has 1 N–H and O–H groups in total. The minimum absolute atomic E-state index is 0.139. The zero-order chi connectivity index (χ0) is 13.3. The Labute approximate surface area is 111 Å². The second-order valence-corrected chi connectivity index (χ2v) is 4.32. The monoisotopic (exact) mass is 311 g/mol. The first-order valence-electron chi connectivity index (χ1n) is 5.01. The minimum atomic E-state index is -1.03. The van der Waals surface area contributed by atoms with Gasteiger partial charge in [-0.05, 0) is 34.1 Å². The number of hydrogen-bond acceptors (Lipinski definition) is 4. The van der Waals surface area contributed by atoms with Gasteiger partial charge in [0.15, 0.2) is 4.60 Å². The summed E-state index contributed by atoms with van der Waals surface area (Å²) in [5, 5.41) is 16.9. The van der Waals surface area contributed by atoms with Gasteiger partial charge in [0.1, 0.15) is 11.4 Å². The maximum Gasteiger partial charge on any atom is 0.336 e. The molecule has 2 aromatic rings. The summed E-state index contributed by atoms with van der Waals surface area (Å²) in [7, 11) is 3.19. The van der Waals surface area contributed by atoms with Gasteiger partial charge < -0.3 is 9.84 Å². The molecule has 0 unspecified atom stereocenters. The van der Waals surface area contributed by atoms with Crippen LogP contribution in [0.1, 0.15) is 10.4 Å². The number of carboxylic acid groups (broad SMARTS) is 1. The number of halogens is 1. The second kappa shape index (κ2) is 4.77. The van der Waals surface area contributed by atoms with Crippen LogP contribution in [0.2, 0.25) is 0 Å². The van der Waals surface area contributed by atoms with Crippen molar-refractivity contribution < 1.29 is 14.6 Å². The van der Waals surface area contributed by atoms with Gasteiger partial charge >= 0.3 is 5.97 Å². The Bertz CT molecular complexity index is 590. The van der Waals surface area contributed by atoms with Crippen molar-refractivity contribution in [2.24, 2.45) is 7.05 Å². The molecule has 1 aromatic heterocycles. The third kappa shape index (κ3) is 2.08. The predicted octanol–water partition coefficient (Wildman–Crippen LogP) is 1.95. The number of rotatable bonds is 3. The zero-order valence-electron chi connectivity index (χ0n) is 9.72. The largest absolute Gasteiger partial charge is 0.497 e. The van der Waals surface area contributed by atoms with Crippen molar-refractivity contribution in [2.45, 2.75) is 0 Å². The number of methoxy groups -OCH3 is 1. The molecule has 1 heterocycles. The first-order valence-corrected chi connectivity index (χ1v) is 5.80. The van der Waals surface area contributed by atoms with E-state index in [0.717, 1.165) is 0 Å². The maximum atomic E-state index is 11.3. The summed E-state index contributed by atoms with van der Waals surface area (Å²) in [6.45, 7) is 0. The van der Waals surface area contributed by atoms with Crippen LogP contribution in [0.5, 0.6) is 5.75 Å². The zero-order valence-corrected chi connectivity index (χ0v) is 11.3. The van der Waals surface area contributed by atoms with Crippen LogP contribution in [-0.4, -0.2) is 33.2 Å². The number of ether oxygens (including phenoxy) is 1. The molecule has 0 atom stereocenters. The Hall–Kier alpha value is -1.89. The van der Waals surface area contributed by atoms with Crippen LogP contribution >= 0.6 is 15.9 Å². The fraction of sp³-hybridized carbons (Fsp3) is 0.182. The van der Waals surface area contributed by atoms with E-state index in [1.54, 1.807) is 19.2 Å². The molecule has 7 heteroatoms. The quantitative estimate of drug-likeness (QED) is 0.937. The number of carbonyl (C=O) groups is 1. The Morgan fingerprint density at radius 2 is 2.22 bits per heavy atom. The van der Waals surface area contributed by atoms with Crippen LogP contribution in [-0.2, 0) is 7.05 Å². The van der Waals surface area contributed by atoms with Crippen molar-refractivity contribution in [2.75, 3.05) is 7.11 Å². The van der Waals surface area contributed by atoms with E-state index in [-0.39, 0.29) is 5.56 Å². The number of aromatic carboxylic acids is 1. The van der Waals surface area contributed by atoms with Gasteiger partial charge in [-0.3, -0.25) is 0 Å². The van der Waals surface area contributed by atoms with Crippen molar-refractivity contribution in [1.29, 1.82) is 0 Å². The Balaban J connectivity index is 2.68. The molecule has 2 rings (SSSR count). The lowest BCUT2D eigenvalue weighted by atomic mass is 10.0. The van der Waals surface area contributed by atoms with Crippen molar-refractivity contribution in [3.8, 4) is 17.0 Å². The van der Waals surface area contributed by atoms with Gasteiger partial charge in [-0.25, -0.2) is 9.48 Å². The third-order valence-electron chi connectivity index (χ3n) is 2.50. The fourth-order valence-corrected chi connectivity index (χ4v) is 2.19. The molecule has 0 spiro atoms. The van der Waals surface area contributed by atoms with Crippen molar-refractivity contribution in [3.05, 3.63) is 28.4 Å². The average molecular weight is 312 g/mol. The molecule has 0 aliphatic heterocycles. The number of aromatic nitrogens is 3. The molecule has 0 saturated carbocycles. The van der Waals surface area contributed by atoms with Gasteiger partial charge in [0, 0.05) is 12.6 Å². The SMILES string of the molecule is COc1ccc(-c2c(Br)nnn2C)c(C(=O)O)c1. The number of aryl methyl sites for hydroxylation is 1. The lowest BCUT2D eigenvalue weighted by Gasteiger charge is -2.08. The van der Waals surface area contributed by atoms with Crippen LogP contribution in [0, 0.1) is 0 Å². The van der Waals surface area contributed by atoms with Crippen LogP contribution in [0.4, 0.5) is 0 Å². The number of nitrogens with zero attached hydrogens (tertiary/aromatic N) is 3. The molecule has 0 saturated heterocycles. The third-order valence-corrected chi connectivity index (χ3v) is 3.03. The standard InChI is InChI=1S/C11H10BrN3O3/c1-15-9(10(12)13-14-15)7-4-3-6(18-2)5-8(7)11(16)17/h3-5H,1-2H3,(H,16,17). The molecule has 0 aliphatic rings. The first kappa shape index (κ1) is 12.6. The summed E-state index contributed by atoms with van der Waals surface area (Å²) in [4.78, 5) is 11.3. The molecular formula is C11H10BrN3O3. The molecule has 0 fully saturated rings. The van der Waals surface area contributed by atoms with Gasteiger partial charge in [-0.1, -0.05) is 5.21 Å². The summed E-state index contributed by atoms with van der Waals surface area (Å²) >= 11 is 3.25. The molecule has 0 amide bonds. The molecule has 0 bridgehead atoms. The van der Waals surface area contributed by atoms with E-state index in [1.165, 1.54) is 17.9 Å². The van der Waals surface area contributed by atoms with Gasteiger partial charge in [-0.2, -0.15) is 0 Å². The van der Waals surface area contributed by atoms with Crippen LogP contribution in [0.3, 0.4) is 0 Å². The minimum Gasteiger partial charge on any atom is -0.497 e. The highest BCUT2D eigenvalue weighted by Gasteiger charge is 2.19. The van der Waals surface area contributed by atoms with Crippen LogP contribution < -0.4 is 4.74 Å². The number of hydrogen-bond donors (Lipinski definition) is 1. The second-order valence-electron chi connectivity index (χ2n) is 3.57. The fourth-order valence-electron chi connectivity index (χ4n) is 1.65. The summed E-state index contributed by atoms with van der Waals surface area (Å²) in [6, 6.07) is 4.84. The normalized spacial score (nSPS) is 10.4. The van der Waals surface area contributed by atoms with Gasteiger partial charge in [-0.15, -0.1) is 5.10 Å². The van der Waals surface area contributed by atoms with Crippen LogP contribution in [0.15, 0.2) is 22.8 Å². The lowest BCUT2D eigenvalue weighted by Crippen LogP contribution is -2.03. The van der Waals surface area contributed by atoms with Crippen LogP contribution in [0.25, 0.3) is 11.3 Å². The van der Waals surface area contributed by atoms with E-state index < -0.39 is 5.97 Å². The van der Waals surface area contributed by atoms with E-state index in [1.807, 2.05) is 0 Å². The van der Waals surface area contributed by atoms with E-state index in [0.29, 0.717) is 21.6 Å². The Morgan fingerprint density at radius 3 is 2.72 bits per heavy atom. The van der Waals surface area contributed by atoms with E-state index in [2.05, 4.69) is 26.2 Å². The molecule has 1 aromatic carbocycles.